The van der Waals surface area contributed by atoms with Gasteiger partial charge in [0.05, 0.1) is 0 Å². The second kappa shape index (κ2) is 3.42. The Labute approximate surface area is 81.7 Å². The Balaban J connectivity index is 2.45. The largest absolute Gasteiger partial charge is 0.326 e. The summed E-state index contributed by atoms with van der Waals surface area (Å²) in [6, 6.07) is 6.04. The van der Waals surface area contributed by atoms with Gasteiger partial charge in [-0.25, -0.2) is 0 Å². The van der Waals surface area contributed by atoms with E-state index in [1.807, 2.05) is 12.1 Å². The second-order valence-electron chi connectivity index (χ2n) is 3.03. The molecule has 0 radical (unpaired) electrons. The van der Waals surface area contributed by atoms with Gasteiger partial charge in [0.25, 0.3) is 0 Å². The molecule has 0 saturated heterocycles. The van der Waals surface area contributed by atoms with Crippen LogP contribution < -0.4 is 5.32 Å². The second-order valence-corrected chi connectivity index (χ2v) is 3.88. The highest BCUT2D eigenvalue weighted by atomic mass is 32.2. The number of nitrogens with one attached hydrogen (secondary N) is 1. The average molecular weight is 193 g/mol. The Morgan fingerprint density at radius 1 is 1.38 bits per heavy atom. The molecule has 1 aromatic carbocycles. The number of fused-ring (bicyclic) bond motifs is 1. The number of amides is 1. The predicted molar refractivity (Wildman–Crippen MR) is 55.2 cm³/mol. The molecule has 0 spiro atoms. The molecule has 0 bridgehead atoms. The van der Waals surface area contributed by atoms with Crippen LogP contribution in [0.5, 0.6) is 0 Å². The third-order valence-electron chi connectivity index (χ3n) is 2.23. The quantitative estimate of drug-likeness (QED) is 0.693. The van der Waals surface area contributed by atoms with Gasteiger partial charge < -0.3 is 5.32 Å². The fourth-order valence-corrected chi connectivity index (χ4v) is 2.26. The number of benzene rings is 1. The first-order chi connectivity index (χ1) is 6.31. The normalized spacial score (nSPS) is 15.0. The number of rotatable bonds is 1. The first-order valence-corrected chi connectivity index (χ1v) is 5.49. The number of carbonyl (C=O) groups is 1. The first-order valence-electron chi connectivity index (χ1n) is 4.27. The summed E-state index contributed by atoms with van der Waals surface area (Å²) in [7, 11) is 0. The van der Waals surface area contributed by atoms with Crippen LogP contribution in [0.25, 0.3) is 0 Å². The maximum atomic E-state index is 11.1. The van der Waals surface area contributed by atoms with Crippen molar-refractivity contribution < 1.29 is 4.79 Å². The third kappa shape index (κ3) is 1.56. The van der Waals surface area contributed by atoms with E-state index in [2.05, 4.69) is 17.6 Å². The minimum Gasteiger partial charge on any atom is -0.326 e. The van der Waals surface area contributed by atoms with Gasteiger partial charge in [-0.05, 0) is 30.4 Å². The van der Waals surface area contributed by atoms with Crippen molar-refractivity contribution in [2.24, 2.45) is 0 Å². The predicted octanol–water partition coefficient (Wildman–Crippen LogP) is 2.29. The highest BCUT2D eigenvalue weighted by Crippen LogP contribution is 2.30. The van der Waals surface area contributed by atoms with Crippen molar-refractivity contribution >= 4 is 23.4 Å². The third-order valence-corrected chi connectivity index (χ3v) is 3.05. The smallest absolute Gasteiger partial charge is 0.224 e. The number of anilines is 1. The van der Waals surface area contributed by atoms with Gasteiger partial charge in [0.1, 0.15) is 0 Å². The zero-order valence-electron chi connectivity index (χ0n) is 7.46. The molecule has 2 rings (SSSR count). The Morgan fingerprint density at radius 2 is 2.23 bits per heavy atom. The van der Waals surface area contributed by atoms with E-state index in [1.165, 1.54) is 10.5 Å². The lowest BCUT2D eigenvalue weighted by Crippen LogP contribution is -2.19. The van der Waals surface area contributed by atoms with Gasteiger partial charge in [-0.2, -0.15) is 0 Å². The van der Waals surface area contributed by atoms with Crippen molar-refractivity contribution in [1.82, 2.24) is 0 Å². The lowest BCUT2D eigenvalue weighted by Gasteiger charge is -2.18. The molecule has 0 aliphatic carbocycles. The van der Waals surface area contributed by atoms with E-state index in [4.69, 9.17) is 0 Å². The monoisotopic (exact) mass is 193 g/mol. The highest BCUT2D eigenvalue weighted by Gasteiger charge is 2.16. The Kier molecular flexibility index (Phi) is 2.27. The zero-order chi connectivity index (χ0) is 9.26. The summed E-state index contributed by atoms with van der Waals surface area (Å²) >= 11 is 1.73. The lowest BCUT2D eigenvalue weighted by molar-refractivity contribution is -0.116. The molecule has 0 unspecified atom stereocenters. The van der Waals surface area contributed by atoms with Crippen LogP contribution in [0.3, 0.4) is 0 Å². The molecule has 3 heteroatoms. The fraction of sp³-hybridized carbons (Fsp3) is 0.300. The molecule has 0 atom stereocenters. The van der Waals surface area contributed by atoms with Crippen molar-refractivity contribution in [3.05, 3.63) is 23.8 Å². The standard InChI is InChI=1S/C10H11NOS/c1-13-9-4-2-3-8-7(9)5-6-10(12)11-8/h2-4H,5-6H2,1H3,(H,11,12). The minimum atomic E-state index is 0.130. The van der Waals surface area contributed by atoms with Crippen LogP contribution in [-0.2, 0) is 11.2 Å². The van der Waals surface area contributed by atoms with E-state index in [9.17, 15) is 4.79 Å². The maximum absolute atomic E-state index is 11.1. The molecule has 0 fully saturated rings. The fourth-order valence-electron chi connectivity index (χ4n) is 1.58. The van der Waals surface area contributed by atoms with Crippen LogP contribution in [0.4, 0.5) is 5.69 Å². The molecule has 1 aliphatic rings. The highest BCUT2D eigenvalue weighted by molar-refractivity contribution is 7.98. The SMILES string of the molecule is CSc1cccc2c1CCC(=O)N2. The van der Waals surface area contributed by atoms with Gasteiger partial charge in [0, 0.05) is 17.0 Å². The molecule has 0 aromatic heterocycles. The van der Waals surface area contributed by atoms with E-state index in [1.54, 1.807) is 11.8 Å². The molecule has 1 amide bonds. The van der Waals surface area contributed by atoms with Gasteiger partial charge in [-0.3, -0.25) is 4.79 Å². The summed E-state index contributed by atoms with van der Waals surface area (Å²) in [6.07, 6.45) is 3.55. The van der Waals surface area contributed by atoms with Crippen molar-refractivity contribution in [3.63, 3.8) is 0 Å². The van der Waals surface area contributed by atoms with Crippen LogP contribution in [0.1, 0.15) is 12.0 Å². The molecule has 1 heterocycles. The van der Waals surface area contributed by atoms with Crippen molar-refractivity contribution in [2.75, 3.05) is 11.6 Å². The van der Waals surface area contributed by atoms with E-state index < -0.39 is 0 Å². The molecule has 1 aliphatic heterocycles. The molecule has 2 nitrogen and oxygen atoms in total. The molecule has 1 aromatic rings. The summed E-state index contributed by atoms with van der Waals surface area (Å²) in [5.74, 6) is 0.130. The van der Waals surface area contributed by atoms with Crippen molar-refractivity contribution in [2.45, 2.75) is 17.7 Å². The molecule has 0 saturated carbocycles. The average Bonchev–Trinajstić information content (AvgIpc) is 2.16. The lowest BCUT2D eigenvalue weighted by atomic mass is 10.0. The van der Waals surface area contributed by atoms with Crippen molar-refractivity contribution in [1.29, 1.82) is 0 Å². The zero-order valence-corrected chi connectivity index (χ0v) is 8.28. The van der Waals surface area contributed by atoms with E-state index in [0.29, 0.717) is 6.42 Å². The van der Waals surface area contributed by atoms with E-state index in [0.717, 1.165) is 12.1 Å². The summed E-state index contributed by atoms with van der Waals surface area (Å²) in [6.45, 7) is 0. The van der Waals surface area contributed by atoms with Gasteiger partial charge >= 0.3 is 0 Å². The van der Waals surface area contributed by atoms with Crippen LogP contribution in [0.15, 0.2) is 23.1 Å². The van der Waals surface area contributed by atoms with Crippen LogP contribution in [0.2, 0.25) is 0 Å². The number of thioether (sulfide) groups is 1. The molecule has 1 N–H and O–H groups in total. The minimum absolute atomic E-state index is 0.130. The first kappa shape index (κ1) is 8.63. The maximum Gasteiger partial charge on any atom is 0.224 e. The van der Waals surface area contributed by atoms with Gasteiger partial charge in [-0.15, -0.1) is 11.8 Å². The Hall–Kier alpha value is -0.960. The van der Waals surface area contributed by atoms with Gasteiger partial charge in [0.15, 0.2) is 0 Å². The number of carbonyl (C=O) groups excluding carboxylic acids is 1. The topological polar surface area (TPSA) is 29.1 Å². The molecular weight excluding hydrogens is 182 g/mol. The summed E-state index contributed by atoms with van der Waals surface area (Å²) in [5, 5.41) is 2.88. The van der Waals surface area contributed by atoms with Crippen LogP contribution >= 0.6 is 11.8 Å². The molecule has 68 valence electrons. The van der Waals surface area contributed by atoms with Crippen LogP contribution in [0, 0.1) is 0 Å². The number of hydrogen-bond donors (Lipinski definition) is 1. The summed E-state index contributed by atoms with van der Waals surface area (Å²) < 4.78 is 0. The van der Waals surface area contributed by atoms with Crippen molar-refractivity contribution in [3.8, 4) is 0 Å². The Morgan fingerprint density at radius 3 is 3.00 bits per heavy atom. The summed E-state index contributed by atoms with van der Waals surface area (Å²) in [4.78, 5) is 12.4. The van der Waals surface area contributed by atoms with Gasteiger partial charge in [0.2, 0.25) is 5.91 Å². The number of hydrogen-bond acceptors (Lipinski definition) is 2. The summed E-state index contributed by atoms with van der Waals surface area (Å²) in [5.41, 5.74) is 2.28. The Bertz CT molecular complexity index is 349. The van der Waals surface area contributed by atoms with Gasteiger partial charge in [-0.1, -0.05) is 6.07 Å². The van der Waals surface area contributed by atoms with E-state index >= 15 is 0 Å². The molecular formula is C10H11NOS. The van der Waals surface area contributed by atoms with Crippen LogP contribution in [-0.4, -0.2) is 12.2 Å². The van der Waals surface area contributed by atoms with E-state index in [-0.39, 0.29) is 5.91 Å². The molecule has 13 heavy (non-hydrogen) atoms.